The van der Waals surface area contributed by atoms with Crippen molar-refractivity contribution in [2.45, 2.75) is 30.6 Å². The van der Waals surface area contributed by atoms with Crippen LogP contribution in [0.15, 0.2) is 29.2 Å². The summed E-state index contributed by atoms with van der Waals surface area (Å²) in [5.41, 5.74) is 0.425. The number of aryl methyl sites for hydroxylation is 1. The number of piperidine rings is 1. The molecule has 2 heterocycles. The second-order valence-electron chi connectivity index (χ2n) is 6.08. The maximum atomic E-state index is 12.9. The van der Waals surface area contributed by atoms with E-state index in [4.69, 9.17) is 0 Å². The van der Waals surface area contributed by atoms with Gasteiger partial charge in [-0.15, -0.1) is 0 Å². The molecule has 1 aliphatic heterocycles. The Morgan fingerprint density at radius 2 is 2.04 bits per heavy atom. The van der Waals surface area contributed by atoms with Crippen molar-refractivity contribution in [3.63, 3.8) is 0 Å². The normalized spacial score (nSPS) is 18.9. The van der Waals surface area contributed by atoms with E-state index in [0.29, 0.717) is 24.5 Å². The molecule has 1 saturated heterocycles. The second kappa shape index (κ2) is 6.93. The molecule has 0 radical (unpaired) electrons. The molecule has 8 nitrogen and oxygen atoms in total. The van der Waals surface area contributed by atoms with Gasteiger partial charge >= 0.3 is 0 Å². The minimum Gasteiger partial charge on any atom is -0.355 e. The van der Waals surface area contributed by atoms with Crippen molar-refractivity contribution < 1.29 is 13.2 Å². The van der Waals surface area contributed by atoms with Crippen LogP contribution in [0.1, 0.15) is 40.8 Å². The molecule has 2 N–H and O–H groups in total. The molecule has 9 heteroatoms. The number of rotatable bonds is 4. The first-order chi connectivity index (χ1) is 11.9. The Hall–Kier alpha value is -2.26. The highest BCUT2D eigenvalue weighted by molar-refractivity contribution is 7.89. The van der Waals surface area contributed by atoms with Crippen LogP contribution in [-0.4, -0.2) is 53.9 Å². The van der Waals surface area contributed by atoms with Gasteiger partial charge in [0.2, 0.25) is 10.0 Å². The number of hydrogen-bond acceptors (Lipinski definition) is 5. The number of hydrogen-bond donors (Lipinski definition) is 2. The number of aromatic amines is 1. The maximum Gasteiger partial charge on any atom is 0.251 e. The van der Waals surface area contributed by atoms with Crippen LogP contribution < -0.4 is 5.32 Å². The number of H-pyrrole nitrogens is 1. The molecule has 0 spiro atoms. The fourth-order valence-corrected chi connectivity index (χ4v) is 4.51. The third-order valence-electron chi connectivity index (χ3n) is 4.35. The summed E-state index contributed by atoms with van der Waals surface area (Å²) in [7, 11) is -2.08. The first-order valence-electron chi connectivity index (χ1n) is 8.13. The average Bonchev–Trinajstić information content (AvgIpc) is 3.07. The number of carbonyl (C=O) groups is 1. The minimum absolute atomic E-state index is 0.0152. The predicted molar refractivity (Wildman–Crippen MR) is 91.7 cm³/mol. The number of carbonyl (C=O) groups excluding carboxylic acids is 1. The third kappa shape index (κ3) is 3.57. The zero-order valence-electron chi connectivity index (χ0n) is 14.2. The van der Waals surface area contributed by atoms with Gasteiger partial charge in [-0.2, -0.15) is 9.40 Å². The lowest BCUT2D eigenvalue weighted by Gasteiger charge is -2.30. The van der Waals surface area contributed by atoms with E-state index in [0.717, 1.165) is 18.7 Å². The molecular weight excluding hydrogens is 342 g/mol. The average molecular weight is 363 g/mol. The smallest absolute Gasteiger partial charge is 0.251 e. The monoisotopic (exact) mass is 363 g/mol. The van der Waals surface area contributed by atoms with Gasteiger partial charge in [-0.1, -0.05) is 0 Å². The van der Waals surface area contributed by atoms with Crippen molar-refractivity contribution in [1.29, 1.82) is 0 Å². The molecule has 1 aromatic carbocycles. The number of nitrogens with one attached hydrogen (secondary N) is 2. The largest absolute Gasteiger partial charge is 0.355 e. The Morgan fingerprint density at radius 3 is 2.64 bits per heavy atom. The molecule has 0 aliphatic carbocycles. The molecule has 1 aliphatic rings. The van der Waals surface area contributed by atoms with Gasteiger partial charge in [0.05, 0.1) is 4.90 Å². The minimum atomic E-state index is -3.61. The van der Waals surface area contributed by atoms with E-state index in [-0.39, 0.29) is 16.7 Å². The molecule has 25 heavy (non-hydrogen) atoms. The summed E-state index contributed by atoms with van der Waals surface area (Å²) in [6, 6.07) is 5.98. The van der Waals surface area contributed by atoms with Crippen molar-refractivity contribution in [3.05, 3.63) is 41.5 Å². The van der Waals surface area contributed by atoms with Gasteiger partial charge in [0.1, 0.15) is 5.82 Å². The summed E-state index contributed by atoms with van der Waals surface area (Å²) in [6.07, 6.45) is 1.62. The lowest BCUT2D eigenvalue weighted by atomic mass is 9.99. The Balaban J connectivity index is 1.80. The Labute approximate surface area is 146 Å². The van der Waals surface area contributed by atoms with Gasteiger partial charge < -0.3 is 5.32 Å². The van der Waals surface area contributed by atoms with Gasteiger partial charge in [0, 0.05) is 31.6 Å². The molecular formula is C16H21N5O3S. The molecule has 1 aromatic heterocycles. The van der Waals surface area contributed by atoms with E-state index in [2.05, 4.69) is 20.5 Å². The summed E-state index contributed by atoms with van der Waals surface area (Å²) in [5, 5.41) is 9.49. The van der Waals surface area contributed by atoms with Crippen molar-refractivity contribution in [2.75, 3.05) is 20.1 Å². The predicted octanol–water partition coefficient (Wildman–Crippen LogP) is 1.04. The molecule has 0 bridgehead atoms. The maximum absolute atomic E-state index is 12.9. The SMILES string of the molecule is CNC(=O)c1ccc(S(=O)(=O)N2CCCC(c3n[nH]c(C)n3)C2)cc1. The second-order valence-corrected chi connectivity index (χ2v) is 8.02. The molecule has 1 unspecified atom stereocenters. The molecule has 1 amide bonds. The zero-order chi connectivity index (χ0) is 18.0. The fourth-order valence-electron chi connectivity index (χ4n) is 2.99. The molecule has 3 rings (SSSR count). The van der Waals surface area contributed by atoms with Crippen LogP contribution in [0.4, 0.5) is 0 Å². The summed E-state index contributed by atoms with van der Waals surface area (Å²) in [5.74, 6) is 1.12. The summed E-state index contributed by atoms with van der Waals surface area (Å²) < 4.78 is 27.3. The number of amides is 1. The first-order valence-corrected chi connectivity index (χ1v) is 9.57. The lowest BCUT2D eigenvalue weighted by molar-refractivity contribution is 0.0963. The standard InChI is InChI=1S/C16H21N5O3S/c1-11-18-15(20-19-11)13-4-3-9-21(10-13)25(23,24)14-7-5-12(6-8-14)16(22)17-2/h5-8,13H,3-4,9-10H2,1-2H3,(H,17,22)(H,18,19,20). The van der Waals surface area contributed by atoms with Crippen LogP contribution in [0.3, 0.4) is 0 Å². The Kier molecular flexibility index (Phi) is 4.87. The molecule has 2 aromatic rings. The van der Waals surface area contributed by atoms with E-state index in [9.17, 15) is 13.2 Å². The van der Waals surface area contributed by atoms with E-state index in [1.165, 1.54) is 35.6 Å². The summed E-state index contributed by atoms with van der Waals surface area (Å²) in [6.45, 7) is 2.65. The highest BCUT2D eigenvalue weighted by Crippen LogP contribution is 2.28. The van der Waals surface area contributed by atoms with Crippen LogP contribution in [0, 0.1) is 6.92 Å². The highest BCUT2D eigenvalue weighted by Gasteiger charge is 2.32. The van der Waals surface area contributed by atoms with Gasteiger partial charge in [-0.05, 0) is 44.0 Å². The molecule has 1 atom stereocenters. The van der Waals surface area contributed by atoms with E-state index >= 15 is 0 Å². The van der Waals surface area contributed by atoms with Gasteiger partial charge in [-0.25, -0.2) is 13.4 Å². The van der Waals surface area contributed by atoms with Crippen molar-refractivity contribution >= 4 is 15.9 Å². The molecule has 1 fully saturated rings. The van der Waals surface area contributed by atoms with Gasteiger partial charge in [0.15, 0.2) is 5.82 Å². The Bertz CT molecular complexity index is 860. The van der Waals surface area contributed by atoms with Gasteiger partial charge in [-0.3, -0.25) is 9.89 Å². The molecule has 0 saturated carbocycles. The number of nitrogens with zero attached hydrogens (tertiary/aromatic N) is 3. The van der Waals surface area contributed by atoms with E-state index in [1.807, 2.05) is 6.92 Å². The summed E-state index contributed by atoms with van der Waals surface area (Å²) in [4.78, 5) is 16.1. The van der Waals surface area contributed by atoms with Crippen LogP contribution in [0.2, 0.25) is 0 Å². The van der Waals surface area contributed by atoms with Gasteiger partial charge in [0.25, 0.3) is 5.91 Å². The van der Waals surface area contributed by atoms with E-state index < -0.39 is 10.0 Å². The number of sulfonamides is 1. The molecule has 134 valence electrons. The van der Waals surface area contributed by atoms with Crippen LogP contribution in [0.25, 0.3) is 0 Å². The number of aromatic nitrogens is 3. The topological polar surface area (TPSA) is 108 Å². The van der Waals surface area contributed by atoms with Crippen molar-refractivity contribution in [2.24, 2.45) is 0 Å². The first kappa shape index (κ1) is 17.6. The lowest BCUT2D eigenvalue weighted by Crippen LogP contribution is -2.39. The highest BCUT2D eigenvalue weighted by atomic mass is 32.2. The van der Waals surface area contributed by atoms with Crippen LogP contribution in [0.5, 0.6) is 0 Å². The van der Waals surface area contributed by atoms with Crippen LogP contribution >= 0.6 is 0 Å². The van der Waals surface area contributed by atoms with Crippen molar-refractivity contribution in [1.82, 2.24) is 24.8 Å². The van der Waals surface area contributed by atoms with E-state index in [1.54, 1.807) is 0 Å². The number of benzene rings is 1. The summed E-state index contributed by atoms with van der Waals surface area (Å²) >= 11 is 0. The quantitative estimate of drug-likeness (QED) is 0.844. The Morgan fingerprint density at radius 1 is 1.32 bits per heavy atom. The third-order valence-corrected chi connectivity index (χ3v) is 6.22. The fraction of sp³-hybridized carbons (Fsp3) is 0.438. The van der Waals surface area contributed by atoms with Crippen LogP contribution in [-0.2, 0) is 10.0 Å². The zero-order valence-corrected chi connectivity index (χ0v) is 15.0. The van der Waals surface area contributed by atoms with Crippen molar-refractivity contribution in [3.8, 4) is 0 Å².